The van der Waals surface area contributed by atoms with Crippen LogP contribution < -0.4 is 0 Å². The third-order valence-electron chi connectivity index (χ3n) is 2.64. The number of hydrogen-bond acceptors (Lipinski definition) is 4. The average molecular weight is 297 g/mol. The Morgan fingerprint density at radius 1 is 1.37 bits per heavy atom. The minimum absolute atomic E-state index is 0.197. The van der Waals surface area contributed by atoms with Crippen LogP contribution in [0.15, 0.2) is 24.3 Å². The number of amides is 1. The topological polar surface area (TPSA) is 42.4 Å². The summed E-state index contributed by atoms with van der Waals surface area (Å²) in [6, 6.07) is 7.37. The van der Waals surface area contributed by atoms with E-state index in [0.29, 0.717) is 15.6 Å². The van der Waals surface area contributed by atoms with Gasteiger partial charge in [0.1, 0.15) is 9.88 Å². The molecule has 0 bridgehead atoms. The molecule has 0 saturated heterocycles. The van der Waals surface area contributed by atoms with E-state index in [1.165, 1.54) is 23.5 Å². The van der Waals surface area contributed by atoms with Gasteiger partial charge in [-0.3, -0.25) is 9.63 Å². The number of thiazole rings is 1. The molecule has 2 aromatic rings. The molecule has 2 rings (SSSR count). The van der Waals surface area contributed by atoms with Crippen molar-refractivity contribution >= 4 is 28.8 Å². The van der Waals surface area contributed by atoms with E-state index in [4.69, 9.17) is 16.4 Å². The first kappa shape index (κ1) is 14.0. The number of carbonyl (C=O) groups is 1. The van der Waals surface area contributed by atoms with Gasteiger partial charge in [-0.25, -0.2) is 10.0 Å². The summed E-state index contributed by atoms with van der Waals surface area (Å²) in [5.41, 5.74) is 1.64. The second kappa shape index (κ2) is 5.69. The molecule has 4 nitrogen and oxygen atoms in total. The second-order valence-electron chi connectivity index (χ2n) is 3.93. The molecule has 0 aliphatic rings. The van der Waals surface area contributed by atoms with E-state index in [9.17, 15) is 4.79 Å². The maximum atomic E-state index is 12.0. The van der Waals surface area contributed by atoms with Gasteiger partial charge in [0, 0.05) is 17.6 Å². The van der Waals surface area contributed by atoms with Crippen molar-refractivity contribution in [1.29, 1.82) is 0 Å². The highest BCUT2D eigenvalue weighted by atomic mass is 35.5. The second-order valence-corrected chi connectivity index (χ2v) is 5.36. The first-order valence-electron chi connectivity index (χ1n) is 5.58. The van der Waals surface area contributed by atoms with Crippen LogP contribution in [0.5, 0.6) is 0 Å². The van der Waals surface area contributed by atoms with Crippen LogP contribution in [0.25, 0.3) is 10.6 Å². The van der Waals surface area contributed by atoms with E-state index >= 15 is 0 Å². The van der Waals surface area contributed by atoms with Gasteiger partial charge in [0.15, 0.2) is 0 Å². The number of aryl methyl sites for hydroxylation is 1. The van der Waals surface area contributed by atoms with E-state index in [1.54, 1.807) is 19.2 Å². The van der Waals surface area contributed by atoms with Crippen molar-refractivity contribution in [2.45, 2.75) is 6.92 Å². The maximum absolute atomic E-state index is 12.0. The lowest BCUT2D eigenvalue weighted by Crippen LogP contribution is -2.25. The Balaban J connectivity index is 2.36. The van der Waals surface area contributed by atoms with Crippen LogP contribution in [0.4, 0.5) is 0 Å². The molecule has 0 aliphatic heterocycles. The zero-order chi connectivity index (χ0) is 14.0. The first-order valence-corrected chi connectivity index (χ1v) is 6.78. The molecule has 1 heterocycles. The predicted molar refractivity (Wildman–Crippen MR) is 76.4 cm³/mol. The number of hydroxylamine groups is 2. The highest BCUT2D eigenvalue weighted by molar-refractivity contribution is 7.17. The molecule has 1 aromatic heterocycles. The van der Waals surface area contributed by atoms with Gasteiger partial charge in [0.05, 0.1) is 12.8 Å². The minimum Gasteiger partial charge on any atom is -0.274 e. The van der Waals surface area contributed by atoms with E-state index < -0.39 is 0 Å². The molecule has 0 atom stereocenters. The summed E-state index contributed by atoms with van der Waals surface area (Å²) in [5.74, 6) is -0.197. The summed E-state index contributed by atoms with van der Waals surface area (Å²) in [4.78, 5) is 21.9. The first-order chi connectivity index (χ1) is 9.02. The van der Waals surface area contributed by atoms with Gasteiger partial charge < -0.3 is 0 Å². The van der Waals surface area contributed by atoms with Gasteiger partial charge in [0.2, 0.25) is 0 Å². The molecule has 0 unspecified atom stereocenters. The van der Waals surface area contributed by atoms with Crippen molar-refractivity contribution in [2.24, 2.45) is 0 Å². The maximum Gasteiger partial charge on any atom is 0.289 e. The summed E-state index contributed by atoms with van der Waals surface area (Å²) in [7, 11) is 3.03. The molecule has 0 spiro atoms. The molecular formula is C13H13ClN2O2S. The molecule has 1 aromatic carbocycles. The number of hydrogen-bond donors (Lipinski definition) is 0. The minimum atomic E-state index is -0.197. The summed E-state index contributed by atoms with van der Waals surface area (Å²) in [6.45, 7) is 1.81. The van der Waals surface area contributed by atoms with Crippen LogP contribution in [0, 0.1) is 6.92 Å². The Morgan fingerprint density at radius 3 is 2.58 bits per heavy atom. The quantitative estimate of drug-likeness (QED) is 0.815. The molecule has 100 valence electrons. The van der Waals surface area contributed by atoms with Crippen LogP contribution in [0.1, 0.15) is 15.4 Å². The molecule has 0 aliphatic carbocycles. The van der Waals surface area contributed by atoms with Gasteiger partial charge in [-0.2, -0.15) is 0 Å². The van der Waals surface area contributed by atoms with Crippen molar-refractivity contribution in [2.75, 3.05) is 14.2 Å². The third kappa shape index (κ3) is 2.94. The van der Waals surface area contributed by atoms with Crippen molar-refractivity contribution < 1.29 is 9.63 Å². The fraction of sp³-hybridized carbons (Fsp3) is 0.231. The zero-order valence-corrected chi connectivity index (χ0v) is 12.4. The van der Waals surface area contributed by atoms with Gasteiger partial charge in [-0.05, 0) is 19.1 Å². The van der Waals surface area contributed by atoms with Crippen LogP contribution in [-0.2, 0) is 4.84 Å². The highest BCUT2D eigenvalue weighted by Gasteiger charge is 2.19. The standard InChI is InChI=1S/C13H13ClN2O2S/c1-8-11(13(17)16(2)18-3)19-12(15-8)9-4-6-10(14)7-5-9/h4-7H,1-3H3. The molecule has 19 heavy (non-hydrogen) atoms. The summed E-state index contributed by atoms with van der Waals surface area (Å²) >= 11 is 7.20. The van der Waals surface area contributed by atoms with Crippen LogP contribution in [-0.4, -0.2) is 30.1 Å². The number of nitrogens with zero attached hydrogens (tertiary/aromatic N) is 2. The Bertz CT molecular complexity index is 595. The normalized spacial score (nSPS) is 10.5. The number of benzene rings is 1. The summed E-state index contributed by atoms with van der Waals surface area (Å²) in [5, 5.41) is 2.65. The fourth-order valence-electron chi connectivity index (χ4n) is 1.54. The Morgan fingerprint density at radius 2 is 2.00 bits per heavy atom. The third-order valence-corrected chi connectivity index (χ3v) is 4.09. The monoisotopic (exact) mass is 296 g/mol. The van der Waals surface area contributed by atoms with Crippen LogP contribution in [0.3, 0.4) is 0 Å². The Kier molecular flexibility index (Phi) is 4.19. The van der Waals surface area contributed by atoms with Gasteiger partial charge in [0.25, 0.3) is 5.91 Å². The smallest absolute Gasteiger partial charge is 0.274 e. The van der Waals surface area contributed by atoms with E-state index in [2.05, 4.69) is 4.98 Å². The predicted octanol–water partition coefficient (Wildman–Crippen LogP) is 3.41. The van der Waals surface area contributed by atoms with Gasteiger partial charge >= 0.3 is 0 Å². The molecule has 0 N–H and O–H groups in total. The van der Waals surface area contributed by atoms with Crippen molar-refractivity contribution in [3.8, 4) is 10.6 Å². The van der Waals surface area contributed by atoms with E-state index in [0.717, 1.165) is 10.6 Å². The largest absolute Gasteiger partial charge is 0.289 e. The lowest BCUT2D eigenvalue weighted by Gasteiger charge is -2.11. The van der Waals surface area contributed by atoms with E-state index in [-0.39, 0.29) is 5.91 Å². The molecule has 1 amide bonds. The van der Waals surface area contributed by atoms with Crippen molar-refractivity contribution in [1.82, 2.24) is 10.0 Å². The molecule has 0 saturated carbocycles. The molecule has 0 fully saturated rings. The number of halogens is 1. The molecule has 0 radical (unpaired) electrons. The number of aromatic nitrogens is 1. The van der Waals surface area contributed by atoms with E-state index in [1.807, 2.05) is 19.1 Å². The lowest BCUT2D eigenvalue weighted by atomic mass is 10.2. The average Bonchev–Trinajstić information content (AvgIpc) is 2.80. The fourth-order valence-corrected chi connectivity index (χ4v) is 2.70. The summed E-state index contributed by atoms with van der Waals surface area (Å²) < 4.78 is 0. The Labute approximate surface area is 120 Å². The van der Waals surface area contributed by atoms with Crippen LogP contribution in [0.2, 0.25) is 5.02 Å². The summed E-state index contributed by atoms with van der Waals surface area (Å²) in [6.07, 6.45) is 0. The van der Waals surface area contributed by atoms with Gasteiger partial charge in [-0.1, -0.05) is 23.7 Å². The van der Waals surface area contributed by atoms with Crippen LogP contribution >= 0.6 is 22.9 Å². The SMILES string of the molecule is CON(C)C(=O)c1sc(-c2ccc(Cl)cc2)nc1C. The Hall–Kier alpha value is -1.43. The molecule has 6 heteroatoms. The van der Waals surface area contributed by atoms with Gasteiger partial charge in [-0.15, -0.1) is 11.3 Å². The lowest BCUT2D eigenvalue weighted by molar-refractivity contribution is -0.0754. The highest BCUT2D eigenvalue weighted by Crippen LogP contribution is 2.29. The van der Waals surface area contributed by atoms with Crippen molar-refractivity contribution in [3.05, 3.63) is 39.9 Å². The zero-order valence-electron chi connectivity index (χ0n) is 10.8. The number of rotatable bonds is 3. The van der Waals surface area contributed by atoms with Crippen molar-refractivity contribution in [3.63, 3.8) is 0 Å². The number of carbonyl (C=O) groups excluding carboxylic acids is 1. The molecular weight excluding hydrogens is 284 g/mol.